The van der Waals surface area contributed by atoms with Crippen LogP contribution in [0.15, 0.2) is 0 Å². The Morgan fingerprint density at radius 3 is 3.08 bits per heavy atom. The minimum atomic E-state index is -0.309. The second-order valence-corrected chi connectivity index (χ2v) is 2.94. The minimum absolute atomic E-state index is 0.0843. The molecule has 1 unspecified atom stereocenters. The van der Waals surface area contributed by atoms with Crippen molar-refractivity contribution in [3.05, 3.63) is 0 Å². The lowest BCUT2D eigenvalue weighted by atomic mass is 9.96. The highest BCUT2D eigenvalue weighted by Crippen LogP contribution is 2.21. The van der Waals surface area contributed by atoms with E-state index in [2.05, 4.69) is 0 Å². The summed E-state index contributed by atoms with van der Waals surface area (Å²) in [7, 11) is 7.16. The van der Waals surface area contributed by atoms with Gasteiger partial charge in [-0.2, -0.15) is 0 Å². The molecule has 0 aromatic heterocycles. The van der Waals surface area contributed by atoms with E-state index in [1.165, 1.54) is 0 Å². The molecule has 0 N–H and O–H groups in total. The van der Waals surface area contributed by atoms with Gasteiger partial charge in [-0.15, -0.1) is 0 Å². The molecule has 1 saturated heterocycles. The number of methoxy groups -OCH3 is 1. The summed E-state index contributed by atoms with van der Waals surface area (Å²) in [5.74, 6) is 0. The summed E-state index contributed by atoms with van der Waals surface area (Å²) in [4.78, 5) is 10.1. The minimum Gasteiger partial charge on any atom is -0.382 e. The molecule has 1 rings (SSSR count). The predicted octanol–water partition coefficient (Wildman–Crippen LogP) is -0.500. The third-order valence-electron chi connectivity index (χ3n) is 1.94. The molecule has 0 bridgehead atoms. The zero-order chi connectivity index (χ0) is 9.68. The van der Waals surface area contributed by atoms with Crippen molar-refractivity contribution in [3.8, 4) is 0 Å². The van der Waals surface area contributed by atoms with Gasteiger partial charge >= 0.3 is 0 Å². The second-order valence-electron chi connectivity index (χ2n) is 2.94. The molecule has 5 heteroatoms. The Labute approximate surface area is 78.9 Å². The van der Waals surface area contributed by atoms with Crippen LogP contribution in [0.1, 0.15) is 6.42 Å². The van der Waals surface area contributed by atoms with Gasteiger partial charge in [-0.25, -0.2) is 0 Å². The monoisotopic (exact) mass is 184 g/mol. The number of hydrogen-bond acceptors (Lipinski definition) is 4. The Hall–Kier alpha value is -0.385. The molecule has 2 radical (unpaired) electrons. The number of aldehydes is 1. The number of hydrogen-bond donors (Lipinski definition) is 0. The summed E-state index contributed by atoms with van der Waals surface area (Å²) >= 11 is 0. The highest BCUT2D eigenvalue weighted by atomic mass is 16.6. The van der Waals surface area contributed by atoms with Crippen molar-refractivity contribution < 1.29 is 19.0 Å². The van der Waals surface area contributed by atoms with Crippen LogP contribution >= 0.6 is 0 Å². The van der Waals surface area contributed by atoms with E-state index >= 15 is 0 Å². The third kappa shape index (κ3) is 3.10. The molecule has 0 aromatic rings. The van der Waals surface area contributed by atoms with Gasteiger partial charge in [0, 0.05) is 13.1 Å². The first-order valence-corrected chi connectivity index (χ1v) is 4.23. The standard InChI is InChI=1S/C8H13BO4/c1-11-5-7-6(12-3-2-10)4-8(9)13-7/h2,6-8H,3-5H2,1H3/t6?,7-,8-/m1/s1. The van der Waals surface area contributed by atoms with E-state index in [4.69, 9.17) is 22.1 Å². The average Bonchev–Trinajstić information content (AvgIpc) is 2.44. The van der Waals surface area contributed by atoms with Crippen LogP contribution in [-0.4, -0.2) is 52.7 Å². The van der Waals surface area contributed by atoms with E-state index in [0.717, 1.165) is 0 Å². The first kappa shape index (κ1) is 10.7. The van der Waals surface area contributed by atoms with Crippen LogP contribution in [0.25, 0.3) is 0 Å². The molecule has 0 aliphatic carbocycles. The van der Waals surface area contributed by atoms with Crippen molar-refractivity contribution in [2.75, 3.05) is 20.3 Å². The van der Waals surface area contributed by atoms with Crippen molar-refractivity contribution in [1.82, 2.24) is 0 Å². The summed E-state index contributed by atoms with van der Waals surface area (Å²) in [6, 6.07) is -0.309. The van der Waals surface area contributed by atoms with Gasteiger partial charge in [0.2, 0.25) is 0 Å². The number of carbonyl (C=O) groups excluding carboxylic acids is 1. The molecule has 1 aliphatic heterocycles. The molecule has 0 spiro atoms. The lowest BCUT2D eigenvalue weighted by Gasteiger charge is -2.16. The Bertz CT molecular complexity index is 164. The molecule has 13 heavy (non-hydrogen) atoms. The van der Waals surface area contributed by atoms with Crippen LogP contribution in [0.3, 0.4) is 0 Å². The van der Waals surface area contributed by atoms with Crippen molar-refractivity contribution in [2.45, 2.75) is 24.6 Å². The number of ether oxygens (including phenoxy) is 3. The number of carbonyl (C=O) groups is 1. The Morgan fingerprint density at radius 2 is 2.46 bits per heavy atom. The van der Waals surface area contributed by atoms with Gasteiger partial charge in [-0.1, -0.05) is 0 Å². The molecule has 0 aromatic carbocycles. The Morgan fingerprint density at radius 1 is 1.69 bits per heavy atom. The number of rotatable bonds is 5. The molecule has 1 heterocycles. The molecule has 0 saturated carbocycles. The van der Waals surface area contributed by atoms with Gasteiger partial charge in [0.25, 0.3) is 0 Å². The van der Waals surface area contributed by atoms with Crippen molar-refractivity contribution in [2.24, 2.45) is 0 Å². The van der Waals surface area contributed by atoms with Crippen molar-refractivity contribution >= 4 is 14.1 Å². The van der Waals surface area contributed by atoms with Crippen LogP contribution in [0.2, 0.25) is 0 Å². The molecule has 1 aliphatic rings. The zero-order valence-corrected chi connectivity index (χ0v) is 7.64. The molecule has 72 valence electrons. The SMILES string of the molecule is [B][C@H]1CC(OCC=O)[C@@H](COC)O1. The van der Waals surface area contributed by atoms with E-state index in [1.807, 2.05) is 0 Å². The van der Waals surface area contributed by atoms with Crippen LogP contribution in [0.4, 0.5) is 0 Å². The fraction of sp³-hybridized carbons (Fsp3) is 0.875. The third-order valence-corrected chi connectivity index (χ3v) is 1.94. The van der Waals surface area contributed by atoms with Crippen molar-refractivity contribution in [3.63, 3.8) is 0 Å². The summed E-state index contributed by atoms with van der Waals surface area (Å²) < 4.78 is 15.5. The van der Waals surface area contributed by atoms with E-state index in [-0.39, 0.29) is 24.8 Å². The van der Waals surface area contributed by atoms with Crippen molar-refractivity contribution in [1.29, 1.82) is 0 Å². The summed E-state index contributed by atoms with van der Waals surface area (Å²) in [6.07, 6.45) is 1.05. The van der Waals surface area contributed by atoms with E-state index in [9.17, 15) is 4.79 Å². The van der Waals surface area contributed by atoms with Crippen LogP contribution in [0, 0.1) is 0 Å². The first-order chi connectivity index (χ1) is 6.27. The first-order valence-electron chi connectivity index (χ1n) is 4.23. The molecule has 3 atom stereocenters. The fourth-order valence-corrected chi connectivity index (χ4v) is 1.40. The van der Waals surface area contributed by atoms with Gasteiger partial charge < -0.3 is 19.0 Å². The molecular formula is C8H13BO4. The quantitative estimate of drug-likeness (QED) is 0.426. The lowest BCUT2D eigenvalue weighted by molar-refractivity contribution is -0.115. The van der Waals surface area contributed by atoms with Crippen LogP contribution < -0.4 is 0 Å². The van der Waals surface area contributed by atoms with E-state index < -0.39 is 0 Å². The molecule has 0 amide bonds. The van der Waals surface area contributed by atoms with E-state index in [1.54, 1.807) is 7.11 Å². The van der Waals surface area contributed by atoms with Crippen LogP contribution in [-0.2, 0) is 19.0 Å². The zero-order valence-electron chi connectivity index (χ0n) is 7.64. The topological polar surface area (TPSA) is 44.8 Å². The highest BCUT2D eigenvalue weighted by Gasteiger charge is 2.32. The summed E-state index contributed by atoms with van der Waals surface area (Å²) in [6.45, 7) is 0.526. The maximum Gasteiger partial charge on any atom is 0.145 e. The lowest BCUT2D eigenvalue weighted by Crippen LogP contribution is -2.29. The summed E-state index contributed by atoms with van der Waals surface area (Å²) in [5, 5.41) is 0. The second kappa shape index (κ2) is 5.37. The molecular weight excluding hydrogens is 171 g/mol. The Balaban J connectivity index is 2.35. The summed E-state index contributed by atoms with van der Waals surface area (Å²) in [5.41, 5.74) is 0. The maximum atomic E-state index is 10.1. The predicted molar refractivity (Wildman–Crippen MR) is 46.7 cm³/mol. The van der Waals surface area contributed by atoms with E-state index in [0.29, 0.717) is 19.3 Å². The van der Waals surface area contributed by atoms with Gasteiger partial charge in [0.1, 0.15) is 26.8 Å². The maximum absolute atomic E-state index is 10.1. The van der Waals surface area contributed by atoms with Gasteiger partial charge in [-0.05, 0) is 6.42 Å². The largest absolute Gasteiger partial charge is 0.382 e. The highest BCUT2D eigenvalue weighted by molar-refractivity contribution is 6.11. The molecule has 1 fully saturated rings. The Kier molecular flexibility index (Phi) is 4.42. The molecule has 4 nitrogen and oxygen atoms in total. The normalized spacial score (nSPS) is 33.5. The van der Waals surface area contributed by atoms with Crippen LogP contribution in [0.5, 0.6) is 0 Å². The smallest absolute Gasteiger partial charge is 0.145 e. The average molecular weight is 184 g/mol. The fourth-order valence-electron chi connectivity index (χ4n) is 1.40. The van der Waals surface area contributed by atoms with Gasteiger partial charge in [-0.3, -0.25) is 0 Å². The van der Waals surface area contributed by atoms with Gasteiger partial charge in [0.05, 0.1) is 12.7 Å². The van der Waals surface area contributed by atoms with Gasteiger partial charge in [0.15, 0.2) is 0 Å².